The Morgan fingerprint density at radius 1 is 1.21 bits per heavy atom. The molecule has 0 heterocycles. The molecule has 4 bridgehead atoms. The maximum Gasteiger partial charge on any atom is 0.237 e. The number of aliphatic hydroxyl groups excluding tert-OH is 1. The molecule has 1 aromatic rings. The van der Waals surface area contributed by atoms with Gasteiger partial charge in [-0.05, 0) is 67.8 Å². The Morgan fingerprint density at radius 3 is 2.50 bits per heavy atom. The van der Waals surface area contributed by atoms with E-state index in [1.165, 1.54) is 6.42 Å². The molecule has 0 aliphatic heterocycles. The number of carbonyl (C=O) groups is 1. The number of hydrogen-bond acceptors (Lipinski definition) is 3. The van der Waals surface area contributed by atoms with E-state index >= 15 is 0 Å². The molecule has 0 aromatic heterocycles. The van der Waals surface area contributed by atoms with Gasteiger partial charge in [-0.1, -0.05) is 30.3 Å². The van der Waals surface area contributed by atoms with Crippen LogP contribution in [-0.2, 0) is 11.2 Å². The predicted molar refractivity (Wildman–Crippen MR) is 93.2 cm³/mol. The Morgan fingerprint density at radius 2 is 1.88 bits per heavy atom. The first kappa shape index (κ1) is 16.1. The van der Waals surface area contributed by atoms with Gasteiger partial charge in [-0.25, -0.2) is 0 Å². The molecule has 0 saturated heterocycles. The summed E-state index contributed by atoms with van der Waals surface area (Å²) in [5.41, 5.74) is 7.19. The zero-order valence-electron chi connectivity index (χ0n) is 14.2. The average molecular weight is 328 g/mol. The molecule has 1 amide bonds. The smallest absolute Gasteiger partial charge is 0.237 e. The second kappa shape index (κ2) is 5.85. The normalized spacial score (nSPS) is 38.1. The molecule has 4 nitrogen and oxygen atoms in total. The summed E-state index contributed by atoms with van der Waals surface area (Å²) < 4.78 is 0. The summed E-state index contributed by atoms with van der Waals surface area (Å²) in [6.45, 7) is 0.258. The van der Waals surface area contributed by atoms with E-state index in [1.54, 1.807) is 0 Å². The quantitative estimate of drug-likeness (QED) is 0.774. The first-order valence-corrected chi connectivity index (χ1v) is 9.24. The summed E-state index contributed by atoms with van der Waals surface area (Å²) in [4.78, 5) is 12.7. The lowest BCUT2D eigenvalue weighted by Crippen LogP contribution is -2.65. The third-order valence-electron chi connectivity index (χ3n) is 6.54. The van der Waals surface area contributed by atoms with Crippen molar-refractivity contribution in [1.82, 2.24) is 5.32 Å². The van der Waals surface area contributed by atoms with Crippen molar-refractivity contribution in [1.29, 1.82) is 0 Å². The number of nitrogens with one attached hydrogen (secondary N) is 1. The van der Waals surface area contributed by atoms with E-state index in [-0.39, 0.29) is 23.5 Å². The highest BCUT2D eigenvalue weighted by Crippen LogP contribution is 2.61. The zero-order valence-corrected chi connectivity index (χ0v) is 14.2. The molecule has 4 N–H and O–H groups in total. The largest absolute Gasteiger partial charge is 0.396 e. The minimum atomic E-state index is -0.509. The molecule has 4 saturated carbocycles. The lowest BCUT2D eigenvalue weighted by molar-refractivity contribution is -0.136. The fourth-order valence-electron chi connectivity index (χ4n) is 6.10. The molecule has 4 heteroatoms. The van der Waals surface area contributed by atoms with Crippen molar-refractivity contribution in [3.63, 3.8) is 0 Å². The van der Waals surface area contributed by atoms with Crippen LogP contribution < -0.4 is 11.1 Å². The number of nitrogens with two attached hydrogens (primary N) is 1. The Bertz CT molecular complexity index is 601. The molecule has 1 aromatic carbocycles. The SMILES string of the molecule is N[C@@H](Cc1ccccc1)C(=O)NC12CC3CC(CC(CO)(C3)C1)C2. The van der Waals surface area contributed by atoms with Crippen LogP contribution in [0.2, 0.25) is 0 Å². The molecule has 3 atom stereocenters. The van der Waals surface area contributed by atoms with Gasteiger partial charge in [0.2, 0.25) is 5.91 Å². The third-order valence-corrected chi connectivity index (χ3v) is 6.54. The standard InChI is InChI=1S/C20H28N2O2/c21-17(7-14-4-2-1-3-5-14)18(24)22-20-10-15-6-16(11-20)9-19(8-15,12-20)13-23/h1-5,15-17,23H,6-13,21H2,(H,22,24)/t15?,16?,17-,19?,20?/m0/s1. The van der Waals surface area contributed by atoms with Crippen LogP contribution in [0.5, 0.6) is 0 Å². The van der Waals surface area contributed by atoms with Gasteiger partial charge >= 0.3 is 0 Å². The van der Waals surface area contributed by atoms with E-state index in [0.717, 1.165) is 37.7 Å². The first-order chi connectivity index (χ1) is 11.5. The molecule has 4 aliphatic carbocycles. The second-order valence-electron chi connectivity index (χ2n) is 8.68. The number of amides is 1. The maximum absolute atomic E-state index is 12.7. The van der Waals surface area contributed by atoms with Gasteiger partial charge in [0.15, 0.2) is 0 Å². The first-order valence-electron chi connectivity index (χ1n) is 9.24. The van der Waals surface area contributed by atoms with Crippen molar-refractivity contribution >= 4 is 5.91 Å². The van der Waals surface area contributed by atoms with Gasteiger partial charge in [-0.15, -0.1) is 0 Å². The van der Waals surface area contributed by atoms with E-state index in [0.29, 0.717) is 18.3 Å². The molecule has 2 unspecified atom stereocenters. The van der Waals surface area contributed by atoms with Crippen LogP contribution in [0.1, 0.15) is 44.1 Å². The number of carbonyl (C=O) groups excluding carboxylic acids is 1. The van der Waals surface area contributed by atoms with Crippen LogP contribution in [0, 0.1) is 17.3 Å². The monoisotopic (exact) mass is 328 g/mol. The van der Waals surface area contributed by atoms with Gasteiger partial charge in [0, 0.05) is 12.1 Å². The van der Waals surface area contributed by atoms with Gasteiger partial charge in [-0.3, -0.25) is 4.79 Å². The zero-order chi connectivity index (χ0) is 16.8. The van der Waals surface area contributed by atoms with Gasteiger partial charge < -0.3 is 16.2 Å². The van der Waals surface area contributed by atoms with E-state index in [9.17, 15) is 9.90 Å². The van der Waals surface area contributed by atoms with Crippen LogP contribution in [0.25, 0.3) is 0 Å². The van der Waals surface area contributed by atoms with Crippen LogP contribution in [0.15, 0.2) is 30.3 Å². The van der Waals surface area contributed by atoms with Gasteiger partial charge in [0.1, 0.15) is 0 Å². The summed E-state index contributed by atoms with van der Waals surface area (Å²) in [7, 11) is 0. The Kier molecular flexibility index (Phi) is 3.92. The summed E-state index contributed by atoms with van der Waals surface area (Å²) in [6.07, 6.45) is 7.16. The summed E-state index contributed by atoms with van der Waals surface area (Å²) in [6, 6.07) is 9.44. The van der Waals surface area contributed by atoms with Gasteiger partial charge in [0.25, 0.3) is 0 Å². The fourth-order valence-corrected chi connectivity index (χ4v) is 6.10. The average Bonchev–Trinajstić information content (AvgIpc) is 2.54. The minimum absolute atomic E-state index is 0.0334. The van der Waals surface area contributed by atoms with Crippen molar-refractivity contribution in [2.24, 2.45) is 23.0 Å². The molecule has 24 heavy (non-hydrogen) atoms. The molecule has 4 fully saturated rings. The van der Waals surface area contributed by atoms with E-state index in [1.807, 2.05) is 30.3 Å². The van der Waals surface area contributed by atoms with Crippen LogP contribution >= 0.6 is 0 Å². The van der Waals surface area contributed by atoms with Gasteiger partial charge in [-0.2, -0.15) is 0 Å². The molecule has 130 valence electrons. The van der Waals surface area contributed by atoms with Crippen LogP contribution in [0.4, 0.5) is 0 Å². The second-order valence-corrected chi connectivity index (χ2v) is 8.68. The van der Waals surface area contributed by atoms with Gasteiger partial charge in [0.05, 0.1) is 6.04 Å². The van der Waals surface area contributed by atoms with Crippen molar-refractivity contribution in [3.05, 3.63) is 35.9 Å². The molecular weight excluding hydrogens is 300 g/mol. The van der Waals surface area contributed by atoms with E-state index in [4.69, 9.17) is 5.73 Å². The lowest BCUT2D eigenvalue weighted by Gasteiger charge is -2.62. The molecule has 0 spiro atoms. The molecular formula is C20H28N2O2. The van der Waals surface area contributed by atoms with E-state index < -0.39 is 6.04 Å². The number of rotatable bonds is 5. The summed E-state index contributed by atoms with van der Waals surface area (Å²) in [5, 5.41) is 13.3. The number of aliphatic hydroxyl groups is 1. The lowest BCUT2D eigenvalue weighted by atomic mass is 9.47. The summed E-state index contributed by atoms with van der Waals surface area (Å²) in [5.74, 6) is 1.28. The predicted octanol–water partition coefficient (Wildman–Crippen LogP) is 2.00. The van der Waals surface area contributed by atoms with Crippen molar-refractivity contribution in [2.45, 2.75) is 56.5 Å². The topological polar surface area (TPSA) is 75.4 Å². The highest BCUT2D eigenvalue weighted by molar-refractivity contribution is 5.82. The maximum atomic E-state index is 12.7. The van der Waals surface area contributed by atoms with Crippen LogP contribution in [0.3, 0.4) is 0 Å². The highest BCUT2D eigenvalue weighted by Gasteiger charge is 2.58. The number of hydrogen-bond donors (Lipinski definition) is 3. The minimum Gasteiger partial charge on any atom is -0.396 e. The number of benzene rings is 1. The fraction of sp³-hybridized carbons (Fsp3) is 0.650. The molecule has 0 radical (unpaired) electrons. The van der Waals surface area contributed by atoms with Crippen molar-refractivity contribution in [2.75, 3.05) is 6.61 Å². The Balaban J connectivity index is 1.45. The third kappa shape index (κ3) is 2.86. The molecule has 4 aliphatic rings. The molecule has 5 rings (SSSR count). The van der Waals surface area contributed by atoms with Crippen molar-refractivity contribution < 1.29 is 9.90 Å². The Labute approximate surface area is 143 Å². The van der Waals surface area contributed by atoms with E-state index in [2.05, 4.69) is 5.32 Å². The van der Waals surface area contributed by atoms with Crippen LogP contribution in [-0.4, -0.2) is 29.2 Å². The summed E-state index contributed by atoms with van der Waals surface area (Å²) >= 11 is 0. The highest BCUT2D eigenvalue weighted by atomic mass is 16.3. The Hall–Kier alpha value is -1.39. The van der Waals surface area contributed by atoms with Crippen molar-refractivity contribution in [3.8, 4) is 0 Å².